The number of carbonyl (C=O) groups excluding carboxylic acids is 1. The highest BCUT2D eigenvalue weighted by Crippen LogP contribution is 2.14. The average molecular weight is 390 g/mol. The van der Waals surface area contributed by atoms with Gasteiger partial charge in [-0.25, -0.2) is 0 Å². The first-order valence-electron chi connectivity index (χ1n) is 10.5. The van der Waals surface area contributed by atoms with Crippen LogP contribution in [0.25, 0.3) is 0 Å². The van der Waals surface area contributed by atoms with E-state index in [1.54, 1.807) is 6.08 Å². The number of carbonyl (C=O) groups is 1. The van der Waals surface area contributed by atoms with E-state index in [2.05, 4.69) is 39.0 Å². The SMILES string of the molecule is CC(C)=CCC/C(C)=C/CC/C(=C\CC/C(C)=C/C(=O)N1CCOCC1)CO. The minimum absolute atomic E-state index is 0.0842. The van der Waals surface area contributed by atoms with Crippen LogP contribution in [0.4, 0.5) is 0 Å². The summed E-state index contributed by atoms with van der Waals surface area (Å²) in [6.45, 7) is 11.2. The normalized spacial score (nSPS) is 16.3. The molecule has 158 valence electrons. The summed E-state index contributed by atoms with van der Waals surface area (Å²) >= 11 is 0. The van der Waals surface area contributed by atoms with Crippen molar-refractivity contribution in [2.24, 2.45) is 0 Å². The maximum atomic E-state index is 12.2. The van der Waals surface area contributed by atoms with Crippen LogP contribution in [0, 0.1) is 0 Å². The lowest BCUT2D eigenvalue weighted by Gasteiger charge is -2.25. The lowest BCUT2D eigenvalue weighted by atomic mass is 10.0. The molecule has 0 atom stereocenters. The number of amides is 1. The minimum atomic E-state index is 0.0842. The van der Waals surface area contributed by atoms with Gasteiger partial charge in [-0.05, 0) is 71.8 Å². The molecule has 0 aliphatic carbocycles. The molecule has 1 rings (SSSR count). The Morgan fingerprint density at radius 3 is 2.14 bits per heavy atom. The Bertz CT molecular complexity index is 589. The van der Waals surface area contributed by atoms with E-state index >= 15 is 0 Å². The van der Waals surface area contributed by atoms with Crippen LogP contribution in [0.1, 0.15) is 66.2 Å². The van der Waals surface area contributed by atoms with Gasteiger partial charge in [0, 0.05) is 19.2 Å². The van der Waals surface area contributed by atoms with Crippen LogP contribution in [0.3, 0.4) is 0 Å². The second-order valence-electron chi connectivity index (χ2n) is 7.90. The first-order chi connectivity index (χ1) is 13.4. The number of aliphatic hydroxyl groups excluding tert-OH is 1. The van der Waals surface area contributed by atoms with Crippen molar-refractivity contribution in [3.63, 3.8) is 0 Å². The van der Waals surface area contributed by atoms with Crippen LogP contribution in [0.15, 0.2) is 46.6 Å². The zero-order valence-electron chi connectivity index (χ0n) is 18.3. The van der Waals surface area contributed by atoms with Crippen LogP contribution in [-0.4, -0.2) is 48.8 Å². The van der Waals surface area contributed by atoms with E-state index in [9.17, 15) is 9.90 Å². The molecule has 1 saturated heterocycles. The fourth-order valence-corrected chi connectivity index (χ4v) is 3.10. The van der Waals surface area contributed by atoms with E-state index in [4.69, 9.17) is 4.74 Å². The van der Waals surface area contributed by atoms with Crippen molar-refractivity contribution in [1.82, 2.24) is 4.90 Å². The molecule has 1 aliphatic rings. The zero-order valence-corrected chi connectivity index (χ0v) is 18.3. The molecule has 0 bridgehead atoms. The van der Waals surface area contributed by atoms with Crippen molar-refractivity contribution in [2.75, 3.05) is 32.9 Å². The van der Waals surface area contributed by atoms with E-state index in [0.717, 1.165) is 49.7 Å². The van der Waals surface area contributed by atoms with Gasteiger partial charge in [-0.15, -0.1) is 0 Å². The van der Waals surface area contributed by atoms with Gasteiger partial charge in [0.25, 0.3) is 0 Å². The quantitative estimate of drug-likeness (QED) is 0.401. The number of ether oxygens (including phenoxy) is 1. The molecule has 0 radical (unpaired) electrons. The minimum Gasteiger partial charge on any atom is -0.392 e. The molecule has 1 heterocycles. The largest absolute Gasteiger partial charge is 0.392 e. The Morgan fingerprint density at radius 2 is 1.50 bits per heavy atom. The van der Waals surface area contributed by atoms with Crippen molar-refractivity contribution in [1.29, 1.82) is 0 Å². The molecule has 4 heteroatoms. The monoisotopic (exact) mass is 389 g/mol. The molecule has 0 aromatic rings. The van der Waals surface area contributed by atoms with Crippen molar-refractivity contribution in [2.45, 2.75) is 66.2 Å². The molecule has 0 aromatic heterocycles. The molecule has 0 aromatic carbocycles. The highest BCUT2D eigenvalue weighted by atomic mass is 16.5. The summed E-state index contributed by atoms with van der Waals surface area (Å²) in [5.41, 5.74) is 4.95. The molecule has 28 heavy (non-hydrogen) atoms. The molecule has 1 amide bonds. The van der Waals surface area contributed by atoms with Gasteiger partial charge in [0.2, 0.25) is 5.91 Å². The number of hydrogen-bond acceptors (Lipinski definition) is 3. The van der Waals surface area contributed by atoms with Crippen molar-refractivity contribution >= 4 is 5.91 Å². The van der Waals surface area contributed by atoms with Gasteiger partial charge in [-0.3, -0.25) is 4.79 Å². The summed E-state index contributed by atoms with van der Waals surface area (Å²) < 4.78 is 5.28. The number of aliphatic hydroxyl groups is 1. The van der Waals surface area contributed by atoms with Crippen molar-refractivity contribution in [3.05, 3.63) is 46.6 Å². The summed E-state index contributed by atoms with van der Waals surface area (Å²) in [6.07, 6.45) is 14.2. The van der Waals surface area contributed by atoms with Gasteiger partial charge in [-0.2, -0.15) is 0 Å². The van der Waals surface area contributed by atoms with E-state index in [1.807, 2.05) is 11.8 Å². The van der Waals surface area contributed by atoms with Gasteiger partial charge in [0.05, 0.1) is 19.8 Å². The average Bonchev–Trinajstić information content (AvgIpc) is 2.67. The fourth-order valence-electron chi connectivity index (χ4n) is 3.10. The third kappa shape index (κ3) is 11.3. The predicted octanol–water partition coefficient (Wildman–Crippen LogP) is 4.96. The summed E-state index contributed by atoms with van der Waals surface area (Å²) in [5.74, 6) is 0.0842. The van der Waals surface area contributed by atoms with Crippen LogP contribution in [0.5, 0.6) is 0 Å². The van der Waals surface area contributed by atoms with E-state index in [1.165, 1.54) is 11.1 Å². The lowest BCUT2D eigenvalue weighted by Crippen LogP contribution is -2.39. The standard InChI is InChI=1S/C24H39NO3/c1-20(2)8-5-9-21(3)10-6-12-23(19-26)13-7-11-22(4)18-24(27)25-14-16-28-17-15-25/h8,10,13,18,26H,5-7,9,11-12,14-17,19H2,1-4H3/b21-10+,22-18+,23-13+. The molecule has 1 aliphatic heterocycles. The molecular formula is C24H39NO3. The van der Waals surface area contributed by atoms with Crippen molar-refractivity contribution < 1.29 is 14.6 Å². The Kier molecular flexibility index (Phi) is 12.5. The fraction of sp³-hybridized carbons (Fsp3) is 0.625. The van der Waals surface area contributed by atoms with Gasteiger partial charge in [0.1, 0.15) is 0 Å². The molecule has 1 fully saturated rings. The topological polar surface area (TPSA) is 49.8 Å². The number of allylic oxidation sites excluding steroid dienone is 6. The number of nitrogens with zero attached hydrogens (tertiary/aromatic N) is 1. The van der Waals surface area contributed by atoms with Gasteiger partial charge < -0.3 is 14.7 Å². The highest BCUT2D eigenvalue weighted by molar-refractivity contribution is 5.88. The summed E-state index contributed by atoms with van der Waals surface area (Å²) in [7, 11) is 0. The van der Waals surface area contributed by atoms with E-state index in [-0.39, 0.29) is 12.5 Å². The molecule has 0 unspecified atom stereocenters. The third-order valence-corrected chi connectivity index (χ3v) is 4.92. The van der Waals surface area contributed by atoms with Crippen molar-refractivity contribution in [3.8, 4) is 0 Å². The second-order valence-corrected chi connectivity index (χ2v) is 7.90. The van der Waals surface area contributed by atoms with Crippen LogP contribution < -0.4 is 0 Å². The molecule has 4 nitrogen and oxygen atoms in total. The van der Waals surface area contributed by atoms with Gasteiger partial charge in [0.15, 0.2) is 0 Å². The lowest BCUT2D eigenvalue weighted by molar-refractivity contribution is -0.130. The van der Waals surface area contributed by atoms with Crippen LogP contribution in [-0.2, 0) is 9.53 Å². The Morgan fingerprint density at radius 1 is 0.893 bits per heavy atom. The van der Waals surface area contributed by atoms with Gasteiger partial charge >= 0.3 is 0 Å². The summed E-state index contributed by atoms with van der Waals surface area (Å²) in [5, 5.41) is 9.59. The Hall–Kier alpha value is -1.65. The highest BCUT2D eigenvalue weighted by Gasteiger charge is 2.14. The molecule has 1 N–H and O–H groups in total. The first kappa shape index (κ1) is 24.4. The zero-order chi connectivity index (χ0) is 20.8. The first-order valence-corrected chi connectivity index (χ1v) is 10.5. The van der Waals surface area contributed by atoms with Gasteiger partial charge in [-0.1, -0.05) is 34.9 Å². The van der Waals surface area contributed by atoms with Crippen LogP contribution >= 0.6 is 0 Å². The second kappa shape index (κ2) is 14.4. The van der Waals surface area contributed by atoms with E-state index in [0.29, 0.717) is 26.3 Å². The maximum Gasteiger partial charge on any atom is 0.246 e. The summed E-state index contributed by atoms with van der Waals surface area (Å²) in [4.78, 5) is 14.0. The van der Waals surface area contributed by atoms with Crippen LogP contribution in [0.2, 0.25) is 0 Å². The molecule has 0 spiro atoms. The number of morpholine rings is 1. The Balaban J connectivity index is 2.36. The number of hydrogen-bond donors (Lipinski definition) is 1. The molecular weight excluding hydrogens is 350 g/mol. The third-order valence-electron chi connectivity index (χ3n) is 4.92. The Labute approximate surface area is 171 Å². The molecule has 0 saturated carbocycles. The predicted molar refractivity (Wildman–Crippen MR) is 117 cm³/mol. The maximum absolute atomic E-state index is 12.2. The smallest absolute Gasteiger partial charge is 0.246 e. The summed E-state index contributed by atoms with van der Waals surface area (Å²) in [6, 6.07) is 0. The van der Waals surface area contributed by atoms with E-state index < -0.39 is 0 Å². The number of rotatable bonds is 11.